The quantitative estimate of drug-likeness (QED) is 0.199. The molecule has 0 radical (unpaired) electrons. The molecule has 3 rings (SSSR count). The maximum Gasteiger partial charge on any atom is 0.0639 e. The van der Waals surface area contributed by atoms with E-state index in [-0.39, 0.29) is 16.2 Å². The molecule has 0 heterocycles. The Morgan fingerprint density at radius 1 is 0.476 bits per heavy atom. The van der Waals surface area contributed by atoms with Gasteiger partial charge in [-0.15, -0.1) is 0 Å². The van der Waals surface area contributed by atoms with Crippen molar-refractivity contribution in [2.24, 2.45) is 0 Å². The van der Waals surface area contributed by atoms with Crippen LogP contribution in [0.4, 0.5) is 0 Å². The SMILES string of the molecule is Cc1cc(C(C)(C)C)cc(C)c1SSc1c(C)cc(C(C)(C)C)cc1C.Cc1cc(C)cc(C(C)(C)C)c1.S=S(Cl)Cl. The van der Waals surface area contributed by atoms with Gasteiger partial charge < -0.3 is 0 Å². The Balaban J connectivity index is 0.000000455. The summed E-state index contributed by atoms with van der Waals surface area (Å²) in [5.74, 6) is 0. The fraction of sp³-hybridized carbons (Fsp3) is 0.500. The van der Waals surface area contributed by atoms with Gasteiger partial charge in [0, 0.05) is 9.79 Å². The minimum Gasteiger partial charge on any atom is -0.0564 e. The summed E-state index contributed by atoms with van der Waals surface area (Å²) in [6.07, 6.45) is 0. The lowest BCUT2D eigenvalue weighted by molar-refractivity contribution is 0.588. The number of benzene rings is 3. The van der Waals surface area contributed by atoms with Gasteiger partial charge in [-0.2, -0.15) is 0 Å². The van der Waals surface area contributed by atoms with E-state index in [9.17, 15) is 0 Å². The standard InChI is InChI=1S/C24H34S2.C12H18.Cl2S2/c1-15-11-19(23(5,6)7)12-16(2)21(15)25-26-22-17(3)13-20(14-18(22)4)24(8,9)10;1-9-6-10(2)8-11(7-9)12(3,4)5;1-4(2)3/h11-14H,1-10H3;6-8H,1-5H3;. The van der Waals surface area contributed by atoms with Crippen LogP contribution in [-0.4, -0.2) is 0 Å². The van der Waals surface area contributed by atoms with Gasteiger partial charge in [0.2, 0.25) is 0 Å². The molecule has 0 bridgehead atoms. The molecular formula is C36H52Cl2S4. The van der Waals surface area contributed by atoms with E-state index in [1.807, 2.05) is 21.6 Å². The molecule has 3 aromatic carbocycles. The topological polar surface area (TPSA) is 0 Å². The molecular weight excluding hydrogens is 632 g/mol. The Morgan fingerprint density at radius 2 is 0.690 bits per heavy atom. The molecule has 0 saturated heterocycles. The molecule has 0 aromatic heterocycles. The molecule has 0 amide bonds. The van der Waals surface area contributed by atoms with Gasteiger partial charge in [-0.25, -0.2) is 0 Å². The van der Waals surface area contributed by atoms with Crippen LogP contribution < -0.4 is 0 Å². The van der Waals surface area contributed by atoms with E-state index in [0.717, 1.165) is 0 Å². The Bertz CT molecular complexity index is 1230. The second kappa shape index (κ2) is 16.2. The van der Waals surface area contributed by atoms with E-state index < -0.39 is 7.88 Å². The molecule has 234 valence electrons. The number of aryl methyl sites for hydroxylation is 6. The highest BCUT2D eigenvalue weighted by molar-refractivity contribution is 8.76. The summed E-state index contributed by atoms with van der Waals surface area (Å²) in [5.41, 5.74) is 13.2. The van der Waals surface area contributed by atoms with Crippen molar-refractivity contribution in [1.29, 1.82) is 0 Å². The van der Waals surface area contributed by atoms with Crippen LogP contribution >= 0.6 is 43.0 Å². The minimum atomic E-state index is -0.833. The summed E-state index contributed by atoms with van der Waals surface area (Å²) in [5, 5.41) is 0. The monoisotopic (exact) mass is 682 g/mol. The summed E-state index contributed by atoms with van der Waals surface area (Å²) in [7, 11) is 12.7. The summed E-state index contributed by atoms with van der Waals surface area (Å²) in [4.78, 5) is 2.81. The van der Waals surface area contributed by atoms with Crippen LogP contribution in [0.15, 0.2) is 52.3 Å². The Morgan fingerprint density at radius 3 is 0.905 bits per heavy atom. The molecule has 6 heteroatoms. The molecule has 0 saturated carbocycles. The third-order valence-electron chi connectivity index (χ3n) is 6.95. The zero-order valence-corrected chi connectivity index (χ0v) is 33.2. The van der Waals surface area contributed by atoms with Crippen LogP contribution in [-0.2, 0) is 35.3 Å². The van der Waals surface area contributed by atoms with Crippen molar-refractivity contribution >= 4 is 62.0 Å². The molecule has 0 fully saturated rings. The second-order valence-corrected chi connectivity index (χ2v) is 21.3. The highest BCUT2D eigenvalue weighted by Gasteiger charge is 2.19. The van der Waals surface area contributed by atoms with Gasteiger partial charge in [0.1, 0.15) is 0 Å². The summed E-state index contributed by atoms with van der Waals surface area (Å²) >= 11 is 4.18. The van der Waals surface area contributed by atoms with Gasteiger partial charge in [0.25, 0.3) is 0 Å². The van der Waals surface area contributed by atoms with Gasteiger partial charge in [-0.05, 0) is 129 Å². The fourth-order valence-corrected chi connectivity index (χ4v) is 7.53. The zero-order chi connectivity index (χ0) is 32.8. The Kier molecular flexibility index (Phi) is 15.2. The molecule has 0 aliphatic rings. The first-order valence-electron chi connectivity index (χ1n) is 14.3. The molecule has 42 heavy (non-hydrogen) atoms. The third kappa shape index (κ3) is 13.2. The van der Waals surface area contributed by atoms with Crippen molar-refractivity contribution < 1.29 is 0 Å². The number of hydrogen-bond donors (Lipinski definition) is 0. The first kappa shape index (κ1) is 39.5. The molecule has 0 unspecified atom stereocenters. The normalized spacial score (nSPS) is 12.0. The van der Waals surface area contributed by atoms with Crippen molar-refractivity contribution in [2.75, 3.05) is 0 Å². The van der Waals surface area contributed by atoms with Gasteiger partial charge >= 0.3 is 0 Å². The van der Waals surface area contributed by atoms with Crippen molar-refractivity contribution in [1.82, 2.24) is 0 Å². The smallest absolute Gasteiger partial charge is 0.0564 e. The maximum atomic E-state index is 4.88. The number of rotatable bonds is 3. The van der Waals surface area contributed by atoms with Crippen molar-refractivity contribution in [2.45, 2.75) is 130 Å². The Hall–Kier alpha value is -0.490. The van der Waals surface area contributed by atoms with Crippen molar-refractivity contribution in [3.05, 3.63) is 92.5 Å². The molecule has 0 atom stereocenters. The minimum absolute atomic E-state index is 0.196. The summed E-state index contributed by atoms with van der Waals surface area (Å²) in [6, 6.07) is 16.2. The van der Waals surface area contributed by atoms with Crippen molar-refractivity contribution in [3.63, 3.8) is 0 Å². The molecule has 3 aromatic rings. The fourth-order valence-electron chi connectivity index (χ4n) is 4.52. The molecule has 0 spiro atoms. The number of halogens is 2. The predicted octanol–water partition coefficient (Wildman–Crippen LogP) is 13.3. The largest absolute Gasteiger partial charge is 0.0639 e. The van der Waals surface area contributed by atoms with Gasteiger partial charge in [-0.3, -0.25) is 0 Å². The van der Waals surface area contributed by atoms with E-state index in [2.05, 4.69) is 158 Å². The lowest BCUT2D eigenvalue weighted by Crippen LogP contribution is -2.12. The Labute approximate surface area is 282 Å². The van der Waals surface area contributed by atoms with Gasteiger partial charge in [-0.1, -0.05) is 137 Å². The van der Waals surface area contributed by atoms with Gasteiger partial charge in [0.15, 0.2) is 0 Å². The first-order chi connectivity index (χ1) is 18.9. The van der Waals surface area contributed by atoms with Crippen LogP contribution in [0.5, 0.6) is 0 Å². The van der Waals surface area contributed by atoms with Crippen molar-refractivity contribution in [3.8, 4) is 0 Å². The molecule has 0 nitrogen and oxygen atoms in total. The first-order valence-corrected chi connectivity index (χ1v) is 20.3. The van der Waals surface area contributed by atoms with Crippen LogP contribution in [0, 0.1) is 41.5 Å². The average molecular weight is 684 g/mol. The lowest BCUT2D eigenvalue weighted by Gasteiger charge is -2.23. The highest BCUT2D eigenvalue weighted by atomic mass is 36.0. The predicted molar refractivity (Wildman–Crippen MR) is 202 cm³/mol. The van der Waals surface area contributed by atoms with Gasteiger partial charge in [0.05, 0.1) is 7.88 Å². The van der Waals surface area contributed by atoms with Crippen LogP contribution in [0.25, 0.3) is 0 Å². The van der Waals surface area contributed by atoms with E-state index in [0.29, 0.717) is 0 Å². The molecule has 0 aliphatic carbocycles. The summed E-state index contributed by atoms with van der Waals surface area (Å²) in [6.45, 7) is 33.7. The number of hydrogen-bond acceptors (Lipinski definition) is 3. The average Bonchev–Trinajstić information content (AvgIpc) is 2.77. The third-order valence-corrected chi connectivity index (χ3v) is 9.90. The molecule has 0 N–H and O–H groups in total. The molecule has 0 aliphatic heterocycles. The van der Waals surface area contributed by atoms with E-state index in [1.54, 1.807) is 0 Å². The summed E-state index contributed by atoms with van der Waals surface area (Å²) < 4.78 is 0. The maximum absolute atomic E-state index is 4.88. The zero-order valence-electron chi connectivity index (χ0n) is 28.4. The van der Waals surface area contributed by atoms with Crippen LogP contribution in [0.1, 0.15) is 112 Å². The van der Waals surface area contributed by atoms with Crippen LogP contribution in [0.3, 0.4) is 0 Å². The van der Waals surface area contributed by atoms with E-state index in [4.69, 9.17) is 21.4 Å². The van der Waals surface area contributed by atoms with E-state index in [1.165, 1.54) is 59.9 Å². The van der Waals surface area contributed by atoms with Crippen LogP contribution in [0.2, 0.25) is 0 Å². The lowest BCUT2D eigenvalue weighted by atomic mass is 9.85. The second-order valence-electron chi connectivity index (χ2n) is 14.4. The van der Waals surface area contributed by atoms with E-state index >= 15 is 0 Å². The highest BCUT2D eigenvalue weighted by Crippen LogP contribution is 2.45.